The third-order valence-corrected chi connectivity index (χ3v) is 9.81. The zero-order chi connectivity index (χ0) is 15.9. The van der Waals surface area contributed by atoms with Crippen molar-refractivity contribution in [2.24, 2.45) is 0 Å². The van der Waals surface area contributed by atoms with E-state index in [-0.39, 0.29) is 5.04 Å². The van der Waals surface area contributed by atoms with Gasteiger partial charge in [0.15, 0.2) is 8.32 Å². The second-order valence-corrected chi connectivity index (χ2v) is 13.0. The zero-order valence-corrected chi connectivity index (χ0v) is 15.7. The molecule has 2 nitrogen and oxygen atoms in total. The first-order valence-electron chi connectivity index (χ1n) is 7.46. The SMILES string of the molecule is CC(C)(C)[Si](C)(C)OCC/C=C/CS(=O)c1ccccc1. The maximum absolute atomic E-state index is 12.0. The fraction of sp³-hybridized carbons (Fsp3) is 0.529. The van der Waals surface area contributed by atoms with Crippen molar-refractivity contribution in [3.8, 4) is 0 Å². The predicted octanol–water partition coefficient (Wildman–Crippen LogP) is 4.76. The summed E-state index contributed by atoms with van der Waals surface area (Å²) in [5.41, 5.74) is 0. The summed E-state index contributed by atoms with van der Waals surface area (Å²) in [5.74, 6) is 0.574. The molecule has 0 aliphatic heterocycles. The molecule has 0 heterocycles. The molecule has 21 heavy (non-hydrogen) atoms. The molecule has 1 atom stereocenters. The van der Waals surface area contributed by atoms with Crippen molar-refractivity contribution < 1.29 is 8.63 Å². The van der Waals surface area contributed by atoms with Crippen molar-refractivity contribution in [3.05, 3.63) is 42.5 Å². The van der Waals surface area contributed by atoms with E-state index in [1.165, 1.54) is 0 Å². The normalized spacial score (nSPS) is 14.5. The standard InChI is InChI=1S/C17H28O2SSi/c1-17(2,3)21(4,5)19-14-10-7-11-15-20(18)16-12-8-6-9-13-16/h6-9,11-13H,10,14-15H2,1-5H3/b11-7+. The van der Waals surface area contributed by atoms with Crippen LogP contribution >= 0.6 is 0 Å². The van der Waals surface area contributed by atoms with E-state index in [4.69, 9.17) is 4.43 Å². The second kappa shape index (κ2) is 8.06. The zero-order valence-electron chi connectivity index (χ0n) is 13.9. The maximum Gasteiger partial charge on any atom is 0.191 e. The van der Waals surface area contributed by atoms with Gasteiger partial charge in [-0.1, -0.05) is 51.1 Å². The third kappa shape index (κ3) is 6.28. The number of benzene rings is 1. The van der Waals surface area contributed by atoms with Crippen molar-refractivity contribution in [2.45, 2.75) is 50.2 Å². The van der Waals surface area contributed by atoms with Crippen LogP contribution in [0.1, 0.15) is 27.2 Å². The van der Waals surface area contributed by atoms with Crippen LogP contribution in [0.25, 0.3) is 0 Å². The minimum atomic E-state index is -1.63. The summed E-state index contributed by atoms with van der Waals surface area (Å²) < 4.78 is 18.1. The van der Waals surface area contributed by atoms with Crippen molar-refractivity contribution in [1.29, 1.82) is 0 Å². The molecule has 1 aromatic carbocycles. The molecule has 1 unspecified atom stereocenters. The highest BCUT2D eigenvalue weighted by molar-refractivity contribution is 7.85. The van der Waals surface area contributed by atoms with Crippen LogP contribution in [-0.4, -0.2) is 24.9 Å². The number of hydrogen-bond acceptors (Lipinski definition) is 2. The Morgan fingerprint density at radius 1 is 1.14 bits per heavy atom. The summed E-state index contributed by atoms with van der Waals surface area (Å²) in [6, 6.07) is 9.59. The van der Waals surface area contributed by atoms with E-state index in [0.29, 0.717) is 5.75 Å². The predicted molar refractivity (Wildman–Crippen MR) is 94.6 cm³/mol. The van der Waals surface area contributed by atoms with Crippen molar-refractivity contribution in [3.63, 3.8) is 0 Å². The summed E-state index contributed by atoms with van der Waals surface area (Å²) in [7, 11) is -2.57. The van der Waals surface area contributed by atoms with Crippen LogP contribution in [0.4, 0.5) is 0 Å². The van der Waals surface area contributed by atoms with Crippen LogP contribution in [0, 0.1) is 0 Å². The number of rotatable bonds is 7. The molecule has 0 amide bonds. The minimum Gasteiger partial charge on any atom is -0.417 e. The lowest BCUT2D eigenvalue weighted by molar-refractivity contribution is 0.294. The van der Waals surface area contributed by atoms with Crippen molar-refractivity contribution >= 4 is 19.1 Å². The molecule has 0 aromatic heterocycles. The van der Waals surface area contributed by atoms with Gasteiger partial charge in [0.25, 0.3) is 0 Å². The van der Waals surface area contributed by atoms with Crippen LogP contribution in [0.3, 0.4) is 0 Å². The Balaban J connectivity index is 2.29. The van der Waals surface area contributed by atoms with Crippen LogP contribution in [0.5, 0.6) is 0 Å². The Labute approximate surface area is 133 Å². The second-order valence-electron chi connectivity index (χ2n) is 6.69. The van der Waals surface area contributed by atoms with E-state index in [1.54, 1.807) is 0 Å². The molecule has 0 fully saturated rings. The lowest BCUT2D eigenvalue weighted by Crippen LogP contribution is -2.40. The number of hydrogen-bond donors (Lipinski definition) is 0. The van der Waals surface area contributed by atoms with Gasteiger partial charge in [-0.3, -0.25) is 4.21 Å². The molecule has 0 aliphatic carbocycles. The van der Waals surface area contributed by atoms with E-state index in [1.807, 2.05) is 36.4 Å². The van der Waals surface area contributed by atoms with Crippen LogP contribution < -0.4 is 0 Å². The molecule has 0 spiro atoms. The van der Waals surface area contributed by atoms with E-state index in [2.05, 4.69) is 39.9 Å². The highest BCUT2D eigenvalue weighted by Gasteiger charge is 2.36. The average molecular weight is 325 g/mol. The first-order chi connectivity index (χ1) is 9.74. The Kier molecular flexibility index (Phi) is 7.04. The molecule has 4 heteroatoms. The summed E-state index contributed by atoms with van der Waals surface area (Å²) in [6.07, 6.45) is 4.96. The molecule has 0 radical (unpaired) electrons. The van der Waals surface area contributed by atoms with Crippen molar-refractivity contribution in [1.82, 2.24) is 0 Å². The van der Waals surface area contributed by atoms with Gasteiger partial charge >= 0.3 is 0 Å². The van der Waals surface area contributed by atoms with Gasteiger partial charge in [0.1, 0.15) is 0 Å². The monoisotopic (exact) mass is 324 g/mol. The van der Waals surface area contributed by atoms with Gasteiger partial charge < -0.3 is 4.43 Å². The molecule has 0 bridgehead atoms. The molecule has 0 aliphatic rings. The topological polar surface area (TPSA) is 26.3 Å². The minimum absolute atomic E-state index is 0.255. The molecule has 1 aromatic rings. The Morgan fingerprint density at radius 3 is 2.33 bits per heavy atom. The molecule has 118 valence electrons. The summed E-state index contributed by atoms with van der Waals surface area (Å²) in [4.78, 5) is 0.889. The molecule has 0 N–H and O–H groups in total. The average Bonchev–Trinajstić information content (AvgIpc) is 2.42. The van der Waals surface area contributed by atoms with Gasteiger partial charge in [0, 0.05) is 17.3 Å². The Bertz CT molecular complexity index is 475. The Hall–Kier alpha value is -0.713. The largest absolute Gasteiger partial charge is 0.417 e. The highest BCUT2D eigenvalue weighted by atomic mass is 32.2. The summed E-state index contributed by atoms with van der Waals surface area (Å²) in [6.45, 7) is 12.0. The van der Waals surface area contributed by atoms with Crippen LogP contribution in [0.15, 0.2) is 47.4 Å². The first kappa shape index (κ1) is 18.3. The van der Waals surface area contributed by atoms with Gasteiger partial charge in [0.2, 0.25) is 0 Å². The van der Waals surface area contributed by atoms with Gasteiger partial charge in [-0.05, 0) is 36.7 Å². The quantitative estimate of drug-likeness (QED) is 0.410. The van der Waals surface area contributed by atoms with Gasteiger partial charge in [-0.15, -0.1) is 0 Å². The van der Waals surface area contributed by atoms with E-state index in [0.717, 1.165) is 17.9 Å². The van der Waals surface area contributed by atoms with Crippen LogP contribution in [0.2, 0.25) is 18.1 Å². The van der Waals surface area contributed by atoms with Gasteiger partial charge in [0.05, 0.1) is 10.8 Å². The maximum atomic E-state index is 12.0. The molecule has 0 saturated carbocycles. The van der Waals surface area contributed by atoms with Gasteiger partial charge in [-0.25, -0.2) is 0 Å². The third-order valence-electron chi connectivity index (χ3n) is 3.97. The van der Waals surface area contributed by atoms with Gasteiger partial charge in [-0.2, -0.15) is 0 Å². The molecular formula is C17H28O2SSi. The van der Waals surface area contributed by atoms with E-state index < -0.39 is 19.1 Å². The Morgan fingerprint density at radius 2 is 1.76 bits per heavy atom. The summed E-state index contributed by atoms with van der Waals surface area (Å²) >= 11 is 0. The van der Waals surface area contributed by atoms with Crippen LogP contribution in [-0.2, 0) is 15.2 Å². The lowest BCUT2D eigenvalue weighted by atomic mass is 10.2. The van der Waals surface area contributed by atoms with E-state index in [9.17, 15) is 4.21 Å². The molecular weight excluding hydrogens is 296 g/mol. The van der Waals surface area contributed by atoms with Crippen molar-refractivity contribution in [2.75, 3.05) is 12.4 Å². The smallest absolute Gasteiger partial charge is 0.191 e. The first-order valence-corrected chi connectivity index (χ1v) is 11.7. The molecule has 1 rings (SSSR count). The fourth-order valence-corrected chi connectivity index (χ4v) is 3.57. The molecule has 0 saturated heterocycles. The van der Waals surface area contributed by atoms with E-state index >= 15 is 0 Å². The lowest BCUT2D eigenvalue weighted by Gasteiger charge is -2.36. The fourth-order valence-electron chi connectivity index (χ4n) is 1.54. The summed E-state index contributed by atoms with van der Waals surface area (Å²) in [5, 5.41) is 0.255. The highest BCUT2D eigenvalue weighted by Crippen LogP contribution is 2.36.